The first-order valence-corrected chi connectivity index (χ1v) is 26.0. The van der Waals surface area contributed by atoms with Gasteiger partial charge in [0.15, 0.2) is 0 Å². The van der Waals surface area contributed by atoms with Crippen molar-refractivity contribution in [3.8, 4) is 5.75 Å². The summed E-state index contributed by atoms with van der Waals surface area (Å²) in [6.45, 7) is 4.21. The summed E-state index contributed by atoms with van der Waals surface area (Å²) in [7, 11) is 0. The van der Waals surface area contributed by atoms with Crippen molar-refractivity contribution in [1.82, 2.24) is 42.1 Å². The highest BCUT2D eigenvalue weighted by molar-refractivity contribution is 6.00. The molecule has 77 heavy (non-hydrogen) atoms. The summed E-state index contributed by atoms with van der Waals surface area (Å²) in [6.07, 6.45) is 2.16. The molecule has 27 heteroatoms. The van der Waals surface area contributed by atoms with Crippen LogP contribution in [0.3, 0.4) is 0 Å². The second-order valence-corrected chi connectivity index (χ2v) is 19.8. The lowest BCUT2D eigenvalue weighted by Crippen LogP contribution is -2.60. The second kappa shape index (κ2) is 31.9. The summed E-state index contributed by atoms with van der Waals surface area (Å²) >= 11 is 0. The Labute approximate surface area is 446 Å². The van der Waals surface area contributed by atoms with Crippen molar-refractivity contribution in [3.63, 3.8) is 0 Å². The topological polar surface area (TPSA) is 460 Å². The highest BCUT2D eigenvalue weighted by Gasteiger charge is 2.41. The van der Waals surface area contributed by atoms with Crippen LogP contribution in [0.1, 0.15) is 135 Å². The number of aromatic hydroxyl groups is 1. The Kier molecular flexibility index (Phi) is 26.3. The molecule has 0 radical (unpaired) electrons. The maximum Gasteiger partial charge on any atom is 0.245 e. The molecule has 1 aromatic carbocycles. The molecule has 2 saturated heterocycles. The number of carbonyl (C=O) groups is 13. The lowest BCUT2D eigenvalue weighted by molar-refractivity contribution is -0.143. The van der Waals surface area contributed by atoms with E-state index in [9.17, 15) is 67.4 Å². The quantitative estimate of drug-likeness (QED) is 0.0477. The van der Waals surface area contributed by atoms with Crippen LogP contribution in [0.2, 0.25) is 0 Å². The zero-order chi connectivity index (χ0) is 57.4. The van der Waals surface area contributed by atoms with Gasteiger partial charge in [0.25, 0.3) is 0 Å². The molecule has 426 valence electrons. The Hall–Kier alpha value is -7.87. The number of unbranched alkanes of at least 4 members (excludes halogenated alkanes) is 5. The molecule has 2 fully saturated rings. The number of carbonyl (C=O) groups excluding carboxylic acids is 13. The molecule has 2 heterocycles. The molecule has 0 bridgehead atoms. The number of hydrogen-bond donors (Lipinski definition) is 13. The average Bonchev–Trinajstić information content (AvgIpc) is 3.85. The lowest BCUT2D eigenvalue weighted by atomic mass is 9.99. The first kappa shape index (κ1) is 63.4. The van der Waals surface area contributed by atoms with Crippen LogP contribution in [0.5, 0.6) is 5.75 Å². The van der Waals surface area contributed by atoms with Crippen molar-refractivity contribution >= 4 is 76.8 Å². The predicted octanol–water partition coefficient (Wildman–Crippen LogP) is -3.34. The summed E-state index contributed by atoms with van der Waals surface area (Å²) in [6, 6.07) is -7.63. The molecule has 2 unspecified atom stereocenters. The second-order valence-electron chi connectivity index (χ2n) is 19.8. The fourth-order valence-corrected chi connectivity index (χ4v) is 8.92. The third-order valence-corrected chi connectivity index (χ3v) is 13.3. The van der Waals surface area contributed by atoms with E-state index >= 15 is 0 Å². The minimum Gasteiger partial charge on any atom is -0.508 e. The lowest BCUT2D eigenvalue weighted by Gasteiger charge is -2.31. The van der Waals surface area contributed by atoms with Crippen molar-refractivity contribution < 1.29 is 67.4 Å². The molecule has 0 aliphatic carbocycles. The SMILES string of the molecule is CCC(C)CCCCCCCCC1CC(=O)N[C@@H](CC(N)=O)C(=O)N[C@H](Cc2ccc(O)cc2)C(=O)N[C@H](CC(N)=O)C(=O)N[C@@H](CCC(N)=O)C(=O)N2CCC[C@H]2C(=O)N[C@H](CC(N)=O)C(=O)N[C@@H](CC(N)=O)C(=O)N1. The number of phenolic OH excluding ortho intramolecular Hbond substituents is 1. The van der Waals surface area contributed by atoms with E-state index in [1.54, 1.807) is 0 Å². The normalized spacial score (nSPS) is 23.9. The van der Waals surface area contributed by atoms with Crippen LogP contribution < -0.4 is 65.9 Å². The van der Waals surface area contributed by atoms with E-state index in [2.05, 4.69) is 51.1 Å². The number of fused-ring (bicyclic) bond motifs is 1. The van der Waals surface area contributed by atoms with Crippen LogP contribution in [-0.4, -0.2) is 142 Å². The molecule has 0 spiro atoms. The summed E-state index contributed by atoms with van der Waals surface area (Å²) in [5, 5.41) is 26.9. The van der Waals surface area contributed by atoms with E-state index in [4.69, 9.17) is 28.7 Å². The predicted molar refractivity (Wildman–Crippen MR) is 275 cm³/mol. The molecule has 13 amide bonds. The van der Waals surface area contributed by atoms with Crippen molar-refractivity contribution in [2.75, 3.05) is 6.54 Å². The Morgan fingerprint density at radius 3 is 1.51 bits per heavy atom. The maximum atomic E-state index is 14.3. The van der Waals surface area contributed by atoms with Crippen LogP contribution in [0.15, 0.2) is 24.3 Å². The zero-order valence-electron chi connectivity index (χ0n) is 43.7. The highest BCUT2D eigenvalue weighted by Crippen LogP contribution is 2.21. The number of nitrogens with two attached hydrogens (primary N) is 5. The van der Waals surface area contributed by atoms with E-state index in [0.29, 0.717) is 24.3 Å². The van der Waals surface area contributed by atoms with E-state index in [-0.39, 0.29) is 38.0 Å². The van der Waals surface area contributed by atoms with Crippen LogP contribution in [-0.2, 0) is 68.7 Å². The van der Waals surface area contributed by atoms with Gasteiger partial charge in [-0.1, -0.05) is 77.3 Å². The minimum absolute atomic E-state index is 0.0202. The summed E-state index contributed by atoms with van der Waals surface area (Å²) in [5.41, 5.74) is 27.7. The van der Waals surface area contributed by atoms with Crippen LogP contribution >= 0.6 is 0 Å². The molecular weight excluding hydrogens is 1010 g/mol. The molecule has 18 N–H and O–H groups in total. The molecule has 2 aliphatic heterocycles. The third kappa shape index (κ3) is 22.9. The number of primary amides is 5. The fraction of sp³-hybridized carbons (Fsp3) is 0.620. The monoisotopic (exact) mass is 1080 g/mol. The Morgan fingerprint density at radius 1 is 0.558 bits per heavy atom. The average molecular weight is 1080 g/mol. The van der Waals surface area contributed by atoms with Crippen molar-refractivity contribution in [1.29, 1.82) is 0 Å². The smallest absolute Gasteiger partial charge is 0.245 e. The Morgan fingerprint density at radius 2 is 1.00 bits per heavy atom. The van der Waals surface area contributed by atoms with Gasteiger partial charge in [0.2, 0.25) is 76.8 Å². The molecule has 2 aliphatic rings. The van der Waals surface area contributed by atoms with E-state index in [0.717, 1.165) is 43.4 Å². The number of rotatable bonds is 23. The molecule has 9 atom stereocenters. The van der Waals surface area contributed by atoms with Gasteiger partial charge >= 0.3 is 0 Å². The highest BCUT2D eigenvalue weighted by atomic mass is 16.3. The van der Waals surface area contributed by atoms with Gasteiger partial charge in [-0.25, -0.2) is 0 Å². The Bertz CT molecular complexity index is 2300. The van der Waals surface area contributed by atoms with Gasteiger partial charge in [0, 0.05) is 31.8 Å². The summed E-state index contributed by atoms with van der Waals surface area (Å²) in [4.78, 5) is 175. The Balaban J connectivity index is 2.16. The van der Waals surface area contributed by atoms with Gasteiger partial charge in [-0.05, 0) is 49.3 Å². The third-order valence-electron chi connectivity index (χ3n) is 13.3. The molecular formula is C50H77N13O14. The number of phenols is 1. The molecule has 0 saturated carbocycles. The number of nitrogens with zero attached hydrogens (tertiary/aromatic N) is 1. The molecule has 1 aromatic rings. The van der Waals surface area contributed by atoms with Crippen LogP contribution in [0.25, 0.3) is 0 Å². The first-order valence-electron chi connectivity index (χ1n) is 26.0. The van der Waals surface area contributed by atoms with Crippen molar-refractivity contribution in [3.05, 3.63) is 29.8 Å². The van der Waals surface area contributed by atoms with Gasteiger partial charge in [-0.15, -0.1) is 0 Å². The molecule has 27 nitrogen and oxygen atoms in total. The van der Waals surface area contributed by atoms with E-state index in [1.807, 2.05) is 0 Å². The van der Waals surface area contributed by atoms with Gasteiger partial charge in [0.05, 0.1) is 25.7 Å². The number of nitrogens with one attached hydrogen (secondary N) is 7. The van der Waals surface area contributed by atoms with Crippen molar-refractivity contribution in [2.45, 2.75) is 184 Å². The largest absolute Gasteiger partial charge is 0.508 e. The number of amides is 13. The maximum absolute atomic E-state index is 14.3. The minimum atomic E-state index is -1.87. The van der Waals surface area contributed by atoms with Gasteiger partial charge in [-0.2, -0.15) is 0 Å². The summed E-state index contributed by atoms with van der Waals surface area (Å²) < 4.78 is 0. The van der Waals surface area contributed by atoms with Crippen molar-refractivity contribution in [2.24, 2.45) is 34.6 Å². The number of hydrogen-bond acceptors (Lipinski definition) is 14. The zero-order valence-corrected chi connectivity index (χ0v) is 43.7. The number of benzene rings is 1. The summed E-state index contributed by atoms with van der Waals surface area (Å²) in [5.74, 6) is -13.3. The van der Waals surface area contributed by atoms with Crippen LogP contribution in [0.4, 0.5) is 0 Å². The van der Waals surface area contributed by atoms with E-state index < -0.39 is 170 Å². The van der Waals surface area contributed by atoms with Gasteiger partial charge in [0.1, 0.15) is 48.0 Å². The van der Waals surface area contributed by atoms with Gasteiger partial charge < -0.3 is 75.9 Å². The fourth-order valence-electron chi connectivity index (χ4n) is 8.92. The molecule has 0 aromatic heterocycles. The molecule has 3 rings (SSSR count). The standard InChI is InChI=1S/C50H77N13O14/c1-3-27(2)11-8-6-4-5-7-9-12-29-22-43(70)57-33(23-39(52)66)46(73)59-32(21-28-14-16-30(64)17-15-28)45(72)61-35(25-41(54)68)47(74)58-31(18-19-38(51)65)50(77)63-20-10-13-37(63)49(76)62-36(26-42(55)69)48(75)60-34(24-40(53)67)44(71)56-29/h14-17,27,29,31-37,64H,3-13,18-26H2,1-2H3,(H2,51,65)(H2,52,66)(H2,53,67)(H2,54,68)(H2,55,69)(H,56,71)(H,57,70)(H,58,74)(H,59,73)(H,60,75)(H,61,72)(H,62,76)/t27?,29?,31-,32+,33-,34-,35+,36+,37-/m0/s1. The van der Waals surface area contributed by atoms with Gasteiger partial charge in [-0.3, -0.25) is 62.3 Å². The van der Waals surface area contributed by atoms with E-state index in [1.165, 1.54) is 24.3 Å². The van der Waals surface area contributed by atoms with Crippen LogP contribution in [0, 0.1) is 5.92 Å². The first-order chi connectivity index (χ1) is 36.4.